The number of aliphatic hydroxyl groups excluding tert-OH is 1. The number of nitrogens with zero attached hydrogens (tertiary/aromatic N) is 2. The second-order valence-electron chi connectivity index (χ2n) is 10.7. The van der Waals surface area contributed by atoms with Crippen LogP contribution in [0.2, 0.25) is 0 Å². The van der Waals surface area contributed by atoms with Crippen molar-refractivity contribution in [2.45, 2.75) is 37.1 Å². The van der Waals surface area contributed by atoms with Gasteiger partial charge < -0.3 is 25.4 Å². The fraction of sp³-hybridized carbons (Fsp3) is 0.333. The maximum atomic E-state index is 13.7. The molecule has 45 heavy (non-hydrogen) atoms. The molecule has 0 fully saturated rings. The number of hydrogen-bond acceptors (Lipinski definition) is 6. The van der Waals surface area contributed by atoms with E-state index in [1.165, 1.54) is 30.1 Å². The van der Waals surface area contributed by atoms with Gasteiger partial charge in [-0.15, -0.1) is 0 Å². The van der Waals surface area contributed by atoms with Crippen molar-refractivity contribution in [2.75, 3.05) is 37.4 Å². The number of amides is 3. The normalized spacial score (nSPS) is 18.0. The highest BCUT2D eigenvalue weighted by Crippen LogP contribution is 2.32. The molecule has 0 saturated heterocycles. The van der Waals surface area contributed by atoms with Crippen molar-refractivity contribution in [1.82, 2.24) is 9.21 Å². The smallest absolute Gasteiger partial charge is 0.416 e. The number of halogens is 4. The molecule has 242 valence electrons. The third-order valence-corrected chi connectivity index (χ3v) is 9.19. The first-order chi connectivity index (χ1) is 21.1. The molecule has 15 heteroatoms. The fourth-order valence-corrected chi connectivity index (χ4v) is 5.88. The molecule has 1 heterocycles. The molecule has 3 aromatic rings. The summed E-state index contributed by atoms with van der Waals surface area (Å²) >= 11 is 0. The average molecular weight is 653 g/mol. The summed E-state index contributed by atoms with van der Waals surface area (Å²) in [5.74, 6) is -1.39. The number of hydrogen-bond donors (Lipinski definition) is 3. The van der Waals surface area contributed by atoms with Gasteiger partial charge in [0.2, 0.25) is 10.0 Å². The number of anilines is 2. The lowest BCUT2D eigenvalue weighted by Crippen LogP contribution is -2.50. The predicted molar refractivity (Wildman–Crippen MR) is 158 cm³/mol. The maximum Gasteiger partial charge on any atom is 0.416 e. The summed E-state index contributed by atoms with van der Waals surface area (Å²) in [7, 11) is -2.66. The number of ether oxygens (including phenoxy) is 1. The van der Waals surface area contributed by atoms with E-state index in [1.807, 2.05) is 0 Å². The minimum absolute atomic E-state index is 0.0311. The lowest BCUT2D eigenvalue weighted by Gasteiger charge is -2.38. The van der Waals surface area contributed by atoms with Crippen LogP contribution >= 0.6 is 0 Å². The number of aliphatic hydroxyl groups is 1. The Morgan fingerprint density at radius 3 is 2.27 bits per heavy atom. The molecule has 3 atom stereocenters. The number of rotatable bonds is 8. The number of alkyl halides is 3. The van der Waals surface area contributed by atoms with Gasteiger partial charge in [-0.2, -0.15) is 17.5 Å². The van der Waals surface area contributed by atoms with Gasteiger partial charge in [0.05, 0.1) is 35.2 Å². The van der Waals surface area contributed by atoms with E-state index in [0.717, 1.165) is 52.8 Å². The second-order valence-corrected chi connectivity index (χ2v) is 12.8. The highest BCUT2D eigenvalue weighted by atomic mass is 32.2. The van der Waals surface area contributed by atoms with Gasteiger partial charge in [0.1, 0.15) is 17.7 Å². The molecular weight excluding hydrogens is 620 g/mol. The number of fused-ring (bicyclic) bond motifs is 1. The first-order valence-corrected chi connectivity index (χ1v) is 15.2. The number of benzene rings is 3. The molecule has 0 aliphatic carbocycles. The summed E-state index contributed by atoms with van der Waals surface area (Å²) in [6.07, 6.45) is -5.30. The molecule has 1 aliphatic rings. The van der Waals surface area contributed by atoms with Gasteiger partial charge >= 0.3 is 12.2 Å². The number of sulfonamides is 1. The van der Waals surface area contributed by atoms with Gasteiger partial charge in [-0.25, -0.2) is 17.6 Å². The zero-order valence-electron chi connectivity index (χ0n) is 24.5. The van der Waals surface area contributed by atoms with E-state index in [4.69, 9.17) is 4.74 Å². The average Bonchev–Trinajstić information content (AvgIpc) is 2.98. The van der Waals surface area contributed by atoms with Crippen LogP contribution in [0.4, 0.5) is 33.7 Å². The van der Waals surface area contributed by atoms with Crippen molar-refractivity contribution < 1.29 is 45.4 Å². The summed E-state index contributed by atoms with van der Waals surface area (Å²) in [5.41, 5.74) is -0.579. The van der Waals surface area contributed by atoms with E-state index in [2.05, 4.69) is 10.6 Å². The Morgan fingerprint density at radius 1 is 1.07 bits per heavy atom. The summed E-state index contributed by atoms with van der Waals surface area (Å²) in [4.78, 5) is 27.6. The van der Waals surface area contributed by atoms with Crippen LogP contribution in [-0.4, -0.2) is 73.6 Å². The zero-order valence-corrected chi connectivity index (χ0v) is 25.3. The van der Waals surface area contributed by atoms with Gasteiger partial charge in [0.15, 0.2) is 0 Å². The van der Waals surface area contributed by atoms with E-state index in [-0.39, 0.29) is 47.3 Å². The SMILES string of the molecule is C[C@H]1CN([C@@H](C)CO)C(=O)c2cc(NC(=O)Nc3ccc(C(F)(F)F)cc3)ccc2O[C@H]1CN(C)S(=O)(=O)c1ccc(F)cc1. The van der Waals surface area contributed by atoms with Crippen LogP contribution in [0.1, 0.15) is 29.8 Å². The molecular formula is C30H32F4N4O6S. The first-order valence-electron chi connectivity index (χ1n) is 13.8. The molecule has 0 aromatic heterocycles. The molecule has 3 N–H and O–H groups in total. The Labute approximate surface area is 257 Å². The number of likely N-dealkylation sites (N-methyl/N-ethyl adjacent to an activating group) is 1. The predicted octanol–water partition coefficient (Wildman–Crippen LogP) is 5.03. The molecule has 0 unspecified atom stereocenters. The standard InChI is InChI=1S/C30H32F4N4O6S/c1-18-15-38(19(2)17-39)28(40)25-14-23(36-29(41)35-22-8-4-20(5-9-22)30(32,33)34)10-13-26(25)44-27(18)16-37(3)45(42,43)24-11-6-21(31)7-12-24/h4-14,18-19,27,39H,15-17H2,1-3H3,(H2,35,36,41)/t18-,19-,27-/m0/s1. The topological polar surface area (TPSA) is 128 Å². The van der Waals surface area contributed by atoms with Gasteiger partial charge in [0.25, 0.3) is 5.91 Å². The van der Waals surface area contributed by atoms with Gasteiger partial charge in [-0.1, -0.05) is 6.92 Å². The zero-order chi connectivity index (χ0) is 33.1. The van der Waals surface area contributed by atoms with Crippen molar-refractivity contribution in [3.63, 3.8) is 0 Å². The van der Waals surface area contributed by atoms with Crippen LogP contribution in [0.3, 0.4) is 0 Å². The Hall–Kier alpha value is -4.21. The van der Waals surface area contributed by atoms with E-state index in [0.29, 0.717) is 0 Å². The molecule has 10 nitrogen and oxygen atoms in total. The highest BCUT2D eigenvalue weighted by Gasteiger charge is 2.35. The Balaban J connectivity index is 1.58. The largest absolute Gasteiger partial charge is 0.488 e. The number of urea groups is 1. The Morgan fingerprint density at radius 2 is 1.67 bits per heavy atom. The molecule has 1 aliphatic heterocycles. The van der Waals surface area contributed by atoms with E-state index in [9.17, 15) is 40.7 Å². The lowest BCUT2D eigenvalue weighted by atomic mass is 9.99. The van der Waals surface area contributed by atoms with Crippen LogP contribution in [0.25, 0.3) is 0 Å². The van der Waals surface area contributed by atoms with E-state index < -0.39 is 57.6 Å². The summed E-state index contributed by atoms with van der Waals surface area (Å²) < 4.78 is 85.6. The van der Waals surface area contributed by atoms with E-state index in [1.54, 1.807) is 13.8 Å². The van der Waals surface area contributed by atoms with Crippen molar-refractivity contribution in [1.29, 1.82) is 0 Å². The Bertz CT molecular complexity index is 1640. The first kappa shape index (κ1) is 33.7. The fourth-order valence-electron chi connectivity index (χ4n) is 4.69. The van der Waals surface area contributed by atoms with Crippen LogP contribution in [0, 0.1) is 11.7 Å². The maximum absolute atomic E-state index is 13.7. The minimum Gasteiger partial charge on any atom is -0.488 e. The molecule has 0 bridgehead atoms. The van der Waals surface area contributed by atoms with Crippen molar-refractivity contribution >= 4 is 33.3 Å². The molecule has 0 saturated carbocycles. The van der Waals surface area contributed by atoms with Crippen molar-refractivity contribution in [3.8, 4) is 5.75 Å². The molecule has 3 aromatic carbocycles. The van der Waals surface area contributed by atoms with Crippen LogP contribution in [0.5, 0.6) is 5.75 Å². The monoisotopic (exact) mass is 652 g/mol. The van der Waals surface area contributed by atoms with Gasteiger partial charge in [0, 0.05) is 30.9 Å². The highest BCUT2D eigenvalue weighted by molar-refractivity contribution is 7.89. The number of carbonyl (C=O) groups excluding carboxylic acids is 2. The van der Waals surface area contributed by atoms with Crippen LogP contribution in [0.15, 0.2) is 71.6 Å². The van der Waals surface area contributed by atoms with Gasteiger partial charge in [-0.05, 0) is 73.7 Å². The second kappa shape index (κ2) is 13.4. The summed E-state index contributed by atoms with van der Waals surface area (Å²) in [6, 6.07) is 11.1. The van der Waals surface area contributed by atoms with Crippen LogP contribution in [-0.2, 0) is 16.2 Å². The molecule has 3 amide bonds. The molecule has 0 radical (unpaired) electrons. The van der Waals surface area contributed by atoms with Crippen molar-refractivity contribution in [2.24, 2.45) is 5.92 Å². The third-order valence-electron chi connectivity index (χ3n) is 7.35. The van der Waals surface area contributed by atoms with Gasteiger partial charge in [-0.3, -0.25) is 4.79 Å². The summed E-state index contributed by atoms with van der Waals surface area (Å²) in [5, 5.41) is 14.8. The Kier molecular flexibility index (Phi) is 10.0. The lowest BCUT2D eigenvalue weighted by molar-refractivity contribution is -0.137. The number of carbonyl (C=O) groups is 2. The summed E-state index contributed by atoms with van der Waals surface area (Å²) in [6.45, 7) is 3.03. The molecule has 4 rings (SSSR count). The molecule has 0 spiro atoms. The number of nitrogens with one attached hydrogen (secondary N) is 2. The minimum atomic E-state index is -4.53. The van der Waals surface area contributed by atoms with Crippen LogP contribution < -0.4 is 15.4 Å². The third kappa shape index (κ3) is 7.90. The van der Waals surface area contributed by atoms with Crippen molar-refractivity contribution in [3.05, 3.63) is 83.7 Å². The van der Waals surface area contributed by atoms with E-state index >= 15 is 0 Å². The quantitative estimate of drug-likeness (QED) is 0.293.